The molecule has 0 aliphatic rings. The molecule has 2 nitrogen and oxygen atoms in total. The minimum Gasteiger partial charge on any atom is -0.264 e. The second-order valence-electron chi connectivity index (χ2n) is 11.1. The summed E-state index contributed by atoms with van der Waals surface area (Å²) in [5.41, 5.74) is 10.9. The highest BCUT2D eigenvalue weighted by molar-refractivity contribution is 6.24. The van der Waals surface area contributed by atoms with Gasteiger partial charge in [0.2, 0.25) is 0 Å². The molecule has 2 heteroatoms. The van der Waals surface area contributed by atoms with Crippen molar-refractivity contribution in [1.82, 2.24) is 9.97 Å². The van der Waals surface area contributed by atoms with E-state index in [1.165, 1.54) is 76.8 Å². The molecular formula is C41H28N2. The van der Waals surface area contributed by atoms with Gasteiger partial charge in [-0.1, -0.05) is 115 Å². The smallest absolute Gasteiger partial charge is 0.0346 e. The van der Waals surface area contributed by atoms with E-state index >= 15 is 0 Å². The van der Waals surface area contributed by atoms with Gasteiger partial charge in [0.05, 0.1) is 0 Å². The molecule has 2 aromatic heterocycles. The maximum atomic E-state index is 4.39. The number of rotatable bonds is 4. The number of aryl methyl sites for hydroxylation is 1. The van der Waals surface area contributed by atoms with Crippen molar-refractivity contribution < 1.29 is 0 Å². The first-order valence-electron chi connectivity index (χ1n) is 14.7. The summed E-state index contributed by atoms with van der Waals surface area (Å²) in [6.45, 7) is 2.11. The van der Waals surface area contributed by atoms with Crippen LogP contribution in [0.2, 0.25) is 0 Å². The van der Waals surface area contributed by atoms with Crippen LogP contribution in [0.25, 0.3) is 76.8 Å². The zero-order valence-corrected chi connectivity index (χ0v) is 23.8. The van der Waals surface area contributed by atoms with Gasteiger partial charge in [0.25, 0.3) is 0 Å². The number of hydrogen-bond acceptors (Lipinski definition) is 2. The van der Waals surface area contributed by atoms with Crippen molar-refractivity contribution in [2.75, 3.05) is 0 Å². The molecule has 0 saturated carbocycles. The summed E-state index contributed by atoms with van der Waals surface area (Å²) in [5, 5.41) is 7.49. The first-order valence-corrected chi connectivity index (χ1v) is 14.7. The van der Waals surface area contributed by atoms with E-state index in [0.717, 1.165) is 5.56 Å². The molecule has 43 heavy (non-hydrogen) atoms. The van der Waals surface area contributed by atoms with Crippen LogP contribution >= 0.6 is 0 Å². The summed E-state index contributed by atoms with van der Waals surface area (Å²) in [6.07, 6.45) is 7.56. The fraction of sp³-hybridized carbons (Fsp3) is 0.0244. The van der Waals surface area contributed by atoms with Crippen molar-refractivity contribution in [1.29, 1.82) is 0 Å². The van der Waals surface area contributed by atoms with Crippen molar-refractivity contribution in [3.05, 3.63) is 158 Å². The zero-order chi connectivity index (χ0) is 28.8. The molecule has 8 rings (SSSR count). The fourth-order valence-corrected chi connectivity index (χ4v) is 6.63. The second kappa shape index (κ2) is 10.3. The van der Waals surface area contributed by atoms with Crippen LogP contribution in [-0.4, -0.2) is 9.97 Å². The first-order chi connectivity index (χ1) is 21.3. The Morgan fingerprint density at radius 2 is 0.884 bits per heavy atom. The van der Waals surface area contributed by atoms with Gasteiger partial charge in [-0.2, -0.15) is 0 Å². The Kier molecular flexibility index (Phi) is 6.05. The summed E-state index contributed by atoms with van der Waals surface area (Å²) >= 11 is 0. The number of aromatic nitrogens is 2. The van der Waals surface area contributed by atoms with Crippen LogP contribution in [0.15, 0.2) is 152 Å². The van der Waals surface area contributed by atoms with Crippen molar-refractivity contribution in [2.45, 2.75) is 6.92 Å². The third-order valence-corrected chi connectivity index (χ3v) is 8.60. The Bertz CT molecular complexity index is 2230. The molecule has 2 heterocycles. The van der Waals surface area contributed by atoms with Gasteiger partial charge in [-0.25, -0.2) is 0 Å². The normalized spacial score (nSPS) is 11.4. The summed E-state index contributed by atoms with van der Waals surface area (Å²) in [4.78, 5) is 8.67. The Hall–Kier alpha value is -5.60. The molecule has 0 fully saturated rings. The average molecular weight is 549 g/mol. The van der Waals surface area contributed by atoms with E-state index in [0.29, 0.717) is 0 Å². The first kappa shape index (κ1) is 25.1. The molecule has 6 aromatic carbocycles. The van der Waals surface area contributed by atoms with Crippen molar-refractivity contribution in [3.8, 4) is 44.5 Å². The molecule has 0 saturated heterocycles. The van der Waals surface area contributed by atoms with Crippen LogP contribution in [0.4, 0.5) is 0 Å². The van der Waals surface area contributed by atoms with Gasteiger partial charge in [-0.15, -0.1) is 0 Å². The van der Waals surface area contributed by atoms with Crippen LogP contribution in [0.1, 0.15) is 5.56 Å². The fourth-order valence-electron chi connectivity index (χ4n) is 6.63. The van der Waals surface area contributed by atoms with E-state index in [1.807, 2.05) is 30.9 Å². The van der Waals surface area contributed by atoms with Gasteiger partial charge in [0, 0.05) is 30.4 Å². The topological polar surface area (TPSA) is 25.8 Å². The molecule has 0 spiro atoms. The third-order valence-electron chi connectivity index (χ3n) is 8.60. The van der Waals surface area contributed by atoms with Gasteiger partial charge in [0.1, 0.15) is 0 Å². The molecule has 0 aliphatic heterocycles. The minimum atomic E-state index is 1.13. The number of benzene rings is 6. The summed E-state index contributed by atoms with van der Waals surface area (Å²) in [5.74, 6) is 0. The maximum Gasteiger partial charge on any atom is 0.0346 e. The maximum absolute atomic E-state index is 4.39. The van der Waals surface area contributed by atoms with Crippen LogP contribution < -0.4 is 0 Å². The van der Waals surface area contributed by atoms with E-state index in [9.17, 15) is 0 Å². The lowest BCUT2D eigenvalue weighted by Gasteiger charge is -2.20. The predicted molar refractivity (Wildman–Crippen MR) is 181 cm³/mol. The third kappa shape index (κ3) is 4.19. The van der Waals surface area contributed by atoms with Crippen LogP contribution in [-0.2, 0) is 0 Å². The van der Waals surface area contributed by atoms with Crippen LogP contribution in [0, 0.1) is 6.92 Å². The van der Waals surface area contributed by atoms with Gasteiger partial charge >= 0.3 is 0 Å². The van der Waals surface area contributed by atoms with Gasteiger partial charge < -0.3 is 0 Å². The number of pyridine rings is 2. The number of fused-ring (bicyclic) bond motifs is 3. The van der Waals surface area contributed by atoms with Gasteiger partial charge in [0.15, 0.2) is 0 Å². The van der Waals surface area contributed by atoms with E-state index in [2.05, 4.69) is 138 Å². The predicted octanol–water partition coefficient (Wildman–Crippen LogP) is 10.9. The SMILES string of the molecule is Cc1cnccc1-c1ccc(-c2c3ccccc3c(-c3ccc(-c4cccnc4)c4ccccc34)c3ccccc23)cc1. The quantitative estimate of drug-likeness (QED) is 0.204. The van der Waals surface area contributed by atoms with Gasteiger partial charge in [-0.3, -0.25) is 9.97 Å². The molecule has 0 aliphatic carbocycles. The van der Waals surface area contributed by atoms with E-state index in [4.69, 9.17) is 0 Å². The standard InChI is InChI=1S/C41H28N2/c1-27-25-43-24-22-31(27)28-16-18-29(19-17-28)40-35-12-4-6-14-37(35)41(38-15-7-5-13-36(38)40)39-21-20-32(30-9-8-23-42-26-30)33-10-2-3-11-34(33)39/h2-26H,1H3. The largest absolute Gasteiger partial charge is 0.264 e. The highest BCUT2D eigenvalue weighted by atomic mass is 14.6. The molecular weight excluding hydrogens is 520 g/mol. The molecule has 0 amide bonds. The molecule has 0 radical (unpaired) electrons. The Morgan fingerprint density at radius 3 is 1.49 bits per heavy atom. The van der Waals surface area contributed by atoms with E-state index in [-0.39, 0.29) is 0 Å². The number of nitrogens with zero attached hydrogens (tertiary/aromatic N) is 2. The lowest BCUT2D eigenvalue weighted by atomic mass is 9.83. The number of hydrogen-bond donors (Lipinski definition) is 0. The van der Waals surface area contributed by atoms with Crippen molar-refractivity contribution in [3.63, 3.8) is 0 Å². The zero-order valence-electron chi connectivity index (χ0n) is 23.8. The molecule has 8 aromatic rings. The summed E-state index contributed by atoms with van der Waals surface area (Å²) in [7, 11) is 0. The average Bonchev–Trinajstić information content (AvgIpc) is 3.08. The second-order valence-corrected chi connectivity index (χ2v) is 11.1. The van der Waals surface area contributed by atoms with Crippen molar-refractivity contribution in [2.24, 2.45) is 0 Å². The Morgan fingerprint density at radius 1 is 0.349 bits per heavy atom. The molecule has 0 unspecified atom stereocenters. The Labute approximate surface area is 251 Å². The minimum absolute atomic E-state index is 1.13. The lowest BCUT2D eigenvalue weighted by Crippen LogP contribution is -1.92. The molecule has 0 bridgehead atoms. The summed E-state index contributed by atoms with van der Waals surface area (Å²) < 4.78 is 0. The van der Waals surface area contributed by atoms with Crippen LogP contribution in [0.3, 0.4) is 0 Å². The highest BCUT2D eigenvalue weighted by Crippen LogP contribution is 2.46. The van der Waals surface area contributed by atoms with Gasteiger partial charge in [-0.05, 0) is 95.9 Å². The van der Waals surface area contributed by atoms with E-state index in [1.54, 1.807) is 0 Å². The van der Waals surface area contributed by atoms with Crippen molar-refractivity contribution >= 4 is 32.3 Å². The Balaban J connectivity index is 1.40. The molecule has 0 atom stereocenters. The molecule has 202 valence electrons. The highest BCUT2D eigenvalue weighted by Gasteiger charge is 2.19. The summed E-state index contributed by atoms with van der Waals surface area (Å²) in [6, 6.07) is 46.3. The van der Waals surface area contributed by atoms with Crippen LogP contribution in [0.5, 0.6) is 0 Å². The monoisotopic (exact) mass is 548 g/mol. The van der Waals surface area contributed by atoms with E-state index < -0.39 is 0 Å². The molecule has 0 N–H and O–H groups in total. The lowest BCUT2D eigenvalue weighted by molar-refractivity contribution is 1.27.